The van der Waals surface area contributed by atoms with Gasteiger partial charge in [-0.1, -0.05) is 55.5 Å². The van der Waals surface area contributed by atoms with Crippen LogP contribution in [0.3, 0.4) is 0 Å². The molecule has 1 aliphatic carbocycles. The lowest BCUT2D eigenvalue weighted by Crippen LogP contribution is -2.39. The van der Waals surface area contributed by atoms with E-state index in [4.69, 9.17) is 14.5 Å². The highest BCUT2D eigenvalue weighted by atomic mass is 16.5. The van der Waals surface area contributed by atoms with Gasteiger partial charge in [0.05, 0.1) is 24.7 Å². The number of rotatable bonds is 8. The number of benzene rings is 2. The van der Waals surface area contributed by atoms with Crippen LogP contribution in [0.2, 0.25) is 0 Å². The Morgan fingerprint density at radius 3 is 2.55 bits per heavy atom. The minimum atomic E-state index is -0.442. The van der Waals surface area contributed by atoms with Crippen LogP contribution in [-0.2, 0) is 20.7 Å². The fourth-order valence-electron chi connectivity index (χ4n) is 4.79. The largest absolute Gasteiger partial charge is 0.493 e. The number of hydrogen-bond acceptors (Lipinski definition) is 5. The summed E-state index contributed by atoms with van der Waals surface area (Å²) in [7, 11) is 0. The lowest BCUT2D eigenvalue weighted by molar-refractivity contribution is -0.139. The number of Topliss-reactive ketones (excluding diaryl/α,β-unsaturated/α-hetero) is 1. The zero-order valence-corrected chi connectivity index (χ0v) is 19.4. The number of carbonyl (C=O) groups excluding carboxylic acids is 2. The van der Waals surface area contributed by atoms with Crippen molar-refractivity contribution in [2.75, 3.05) is 13.2 Å². The van der Waals surface area contributed by atoms with Crippen molar-refractivity contribution in [1.82, 2.24) is 0 Å². The number of carbonyl (C=O) groups is 2. The van der Waals surface area contributed by atoms with E-state index in [1.807, 2.05) is 61.5 Å². The topological polar surface area (TPSA) is 65.0 Å². The molecule has 0 amide bonds. The first-order chi connectivity index (χ1) is 16.1. The normalized spacial score (nSPS) is 20.2. The van der Waals surface area contributed by atoms with Crippen LogP contribution < -0.4 is 4.74 Å². The summed E-state index contributed by atoms with van der Waals surface area (Å²) in [6.07, 6.45) is 3.60. The molecule has 0 spiro atoms. The maximum absolute atomic E-state index is 13.4. The number of ether oxygens (including phenoxy) is 2. The van der Waals surface area contributed by atoms with E-state index >= 15 is 0 Å². The molecule has 33 heavy (non-hydrogen) atoms. The first kappa shape index (κ1) is 23.0. The highest BCUT2D eigenvalue weighted by Crippen LogP contribution is 2.45. The standard InChI is InChI=1S/C28H31NO4/c1-3-17-32-24-15-8-7-12-21(24)26-25(19(2)29-22-13-9-14-23(30)27(22)26)28(31)33-18-16-20-10-5-4-6-11-20/h4-8,10-12,15,26-27H,3,9,13-14,16-18H2,1-2H3/t26-,27?/m0/s1. The molecule has 0 bridgehead atoms. The molecule has 0 aromatic heterocycles. The van der Waals surface area contributed by atoms with E-state index in [0.29, 0.717) is 36.5 Å². The van der Waals surface area contributed by atoms with E-state index in [1.165, 1.54) is 0 Å². The van der Waals surface area contributed by atoms with Gasteiger partial charge in [0.1, 0.15) is 11.5 Å². The van der Waals surface area contributed by atoms with E-state index in [0.717, 1.165) is 36.1 Å². The van der Waals surface area contributed by atoms with Gasteiger partial charge >= 0.3 is 5.97 Å². The molecule has 2 aliphatic rings. The van der Waals surface area contributed by atoms with Crippen molar-refractivity contribution >= 4 is 17.5 Å². The number of ketones is 1. The number of fused-ring (bicyclic) bond motifs is 1. The van der Waals surface area contributed by atoms with Gasteiger partial charge in [-0.15, -0.1) is 0 Å². The highest BCUT2D eigenvalue weighted by Gasteiger charge is 2.44. The minimum Gasteiger partial charge on any atom is -0.493 e. The molecular weight excluding hydrogens is 414 g/mol. The molecule has 1 aliphatic heterocycles. The second-order valence-corrected chi connectivity index (χ2v) is 8.64. The minimum absolute atomic E-state index is 0.136. The van der Waals surface area contributed by atoms with Crippen molar-refractivity contribution in [3.05, 3.63) is 77.0 Å². The number of hydrogen-bond donors (Lipinski definition) is 0. The van der Waals surface area contributed by atoms with Crippen molar-refractivity contribution in [1.29, 1.82) is 0 Å². The zero-order valence-electron chi connectivity index (χ0n) is 19.4. The molecule has 1 fully saturated rings. The van der Waals surface area contributed by atoms with Crippen LogP contribution in [0.5, 0.6) is 5.75 Å². The van der Waals surface area contributed by atoms with Crippen LogP contribution in [0.25, 0.3) is 0 Å². The number of allylic oxidation sites excluding steroid dienone is 1. The lowest BCUT2D eigenvalue weighted by atomic mass is 9.69. The van der Waals surface area contributed by atoms with Crippen LogP contribution >= 0.6 is 0 Å². The third-order valence-electron chi connectivity index (χ3n) is 6.31. The second-order valence-electron chi connectivity index (χ2n) is 8.64. The number of aliphatic imine (C=N–C) groups is 1. The monoisotopic (exact) mass is 445 g/mol. The molecule has 2 atom stereocenters. The highest BCUT2D eigenvalue weighted by molar-refractivity contribution is 6.11. The Kier molecular flexibility index (Phi) is 7.38. The molecule has 4 rings (SSSR count). The average Bonchev–Trinajstić information content (AvgIpc) is 2.83. The van der Waals surface area contributed by atoms with Crippen molar-refractivity contribution < 1.29 is 19.1 Å². The second kappa shape index (κ2) is 10.6. The maximum atomic E-state index is 13.4. The van der Waals surface area contributed by atoms with Gasteiger partial charge in [-0.05, 0) is 37.8 Å². The molecule has 5 heteroatoms. The van der Waals surface area contributed by atoms with Gasteiger partial charge < -0.3 is 9.47 Å². The summed E-state index contributed by atoms with van der Waals surface area (Å²) in [5.41, 5.74) is 3.95. The molecule has 0 radical (unpaired) electrons. The smallest absolute Gasteiger partial charge is 0.336 e. The van der Waals surface area contributed by atoms with Crippen LogP contribution in [-0.4, -0.2) is 30.7 Å². The summed E-state index contributed by atoms with van der Waals surface area (Å²) in [5.74, 6) is -0.434. The van der Waals surface area contributed by atoms with Crippen molar-refractivity contribution in [3.8, 4) is 5.75 Å². The summed E-state index contributed by atoms with van der Waals surface area (Å²) in [5, 5.41) is 0. The predicted molar refractivity (Wildman–Crippen MR) is 129 cm³/mol. The quantitative estimate of drug-likeness (QED) is 0.507. The number of esters is 1. The Labute approximate surface area is 195 Å². The predicted octanol–water partition coefficient (Wildman–Crippen LogP) is 5.44. The van der Waals surface area contributed by atoms with Crippen LogP contribution in [0, 0.1) is 5.92 Å². The maximum Gasteiger partial charge on any atom is 0.336 e. The summed E-state index contributed by atoms with van der Waals surface area (Å²) >= 11 is 0. The fraction of sp³-hybridized carbons (Fsp3) is 0.393. The fourth-order valence-corrected chi connectivity index (χ4v) is 4.79. The van der Waals surface area contributed by atoms with Crippen LogP contribution in [0.15, 0.2) is 70.9 Å². The molecule has 1 saturated carbocycles. The van der Waals surface area contributed by atoms with E-state index < -0.39 is 17.8 Å². The summed E-state index contributed by atoms with van der Waals surface area (Å²) in [6, 6.07) is 17.7. The molecule has 2 aromatic carbocycles. The third-order valence-corrected chi connectivity index (χ3v) is 6.31. The Bertz CT molecular complexity index is 1070. The summed E-state index contributed by atoms with van der Waals surface area (Å²) in [6.45, 7) is 4.75. The zero-order chi connectivity index (χ0) is 23.2. The van der Waals surface area contributed by atoms with Crippen molar-refractivity contribution in [3.63, 3.8) is 0 Å². The lowest BCUT2D eigenvalue weighted by Gasteiger charge is -2.36. The summed E-state index contributed by atoms with van der Waals surface area (Å²) in [4.78, 5) is 31.2. The van der Waals surface area contributed by atoms with Crippen molar-refractivity contribution in [2.24, 2.45) is 10.9 Å². The first-order valence-corrected chi connectivity index (χ1v) is 11.8. The number of para-hydroxylation sites is 1. The Morgan fingerprint density at radius 2 is 1.76 bits per heavy atom. The van der Waals surface area contributed by atoms with Gasteiger partial charge in [0.2, 0.25) is 0 Å². The number of nitrogens with zero attached hydrogens (tertiary/aromatic N) is 1. The molecular formula is C28H31NO4. The van der Waals surface area contributed by atoms with Gasteiger partial charge in [0.15, 0.2) is 0 Å². The van der Waals surface area contributed by atoms with E-state index in [9.17, 15) is 9.59 Å². The molecule has 2 aromatic rings. The van der Waals surface area contributed by atoms with Crippen LogP contribution in [0.1, 0.15) is 56.6 Å². The SMILES string of the molecule is CCCOc1ccccc1[C@H]1C(C(=O)OCCc2ccccc2)=C(C)N=C2CCCC(=O)C21. The van der Waals surface area contributed by atoms with E-state index in [-0.39, 0.29) is 12.4 Å². The molecule has 5 nitrogen and oxygen atoms in total. The van der Waals surface area contributed by atoms with Crippen LogP contribution in [0.4, 0.5) is 0 Å². The molecule has 172 valence electrons. The van der Waals surface area contributed by atoms with Gasteiger partial charge in [-0.2, -0.15) is 0 Å². The summed E-state index contributed by atoms with van der Waals surface area (Å²) < 4.78 is 11.8. The Hall–Kier alpha value is -3.21. The third kappa shape index (κ3) is 5.08. The van der Waals surface area contributed by atoms with Gasteiger partial charge in [0.25, 0.3) is 0 Å². The molecule has 0 saturated heterocycles. The van der Waals surface area contributed by atoms with E-state index in [1.54, 1.807) is 0 Å². The van der Waals surface area contributed by atoms with Gasteiger partial charge in [-0.25, -0.2) is 4.79 Å². The molecule has 1 unspecified atom stereocenters. The average molecular weight is 446 g/mol. The van der Waals surface area contributed by atoms with Crippen molar-refractivity contribution in [2.45, 2.75) is 51.9 Å². The Balaban J connectivity index is 1.67. The van der Waals surface area contributed by atoms with Gasteiger partial charge in [-0.3, -0.25) is 9.79 Å². The molecule has 0 N–H and O–H groups in total. The molecule has 1 heterocycles. The Morgan fingerprint density at radius 1 is 1.00 bits per heavy atom. The first-order valence-electron chi connectivity index (χ1n) is 11.8. The van der Waals surface area contributed by atoms with Gasteiger partial charge in [0, 0.05) is 35.7 Å². The van der Waals surface area contributed by atoms with E-state index in [2.05, 4.69) is 6.92 Å².